The van der Waals surface area contributed by atoms with Gasteiger partial charge in [-0.15, -0.1) is 0 Å². The zero-order chi connectivity index (χ0) is 20.1. The summed E-state index contributed by atoms with van der Waals surface area (Å²) in [5.41, 5.74) is 2.99. The molecule has 0 aliphatic carbocycles. The zero-order valence-electron chi connectivity index (χ0n) is 17.2. The lowest BCUT2D eigenvalue weighted by molar-refractivity contribution is -0.117. The molecule has 0 bridgehead atoms. The Morgan fingerprint density at radius 3 is 2.71 bits per heavy atom. The molecule has 150 valence electrons. The van der Waals surface area contributed by atoms with Crippen molar-refractivity contribution in [2.75, 3.05) is 18.5 Å². The van der Waals surface area contributed by atoms with E-state index < -0.39 is 0 Å². The lowest BCUT2D eigenvalue weighted by atomic mass is 10.1. The highest BCUT2D eigenvalue weighted by Gasteiger charge is 2.23. The summed E-state index contributed by atoms with van der Waals surface area (Å²) in [6.07, 6.45) is 1.01. The van der Waals surface area contributed by atoms with Crippen LogP contribution in [0.3, 0.4) is 0 Å². The summed E-state index contributed by atoms with van der Waals surface area (Å²) in [6.45, 7) is 9.78. The number of benzene rings is 2. The monoisotopic (exact) mass is 382 g/mol. The Labute approximate surface area is 167 Å². The quantitative estimate of drug-likeness (QED) is 0.741. The van der Waals surface area contributed by atoms with Crippen LogP contribution in [0.4, 0.5) is 5.69 Å². The van der Waals surface area contributed by atoms with Gasteiger partial charge in [0.1, 0.15) is 17.6 Å². The van der Waals surface area contributed by atoms with Crippen LogP contribution in [-0.4, -0.2) is 36.1 Å². The van der Waals surface area contributed by atoms with Crippen LogP contribution in [0, 0.1) is 0 Å². The van der Waals surface area contributed by atoms with Gasteiger partial charge in [0, 0.05) is 30.6 Å². The van der Waals surface area contributed by atoms with E-state index in [4.69, 9.17) is 9.47 Å². The molecule has 1 unspecified atom stereocenters. The van der Waals surface area contributed by atoms with Gasteiger partial charge in [-0.05, 0) is 39.3 Å². The summed E-state index contributed by atoms with van der Waals surface area (Å²) >= 11 is 0. The second kappa shape index (κ2) is 9.11. The van der Waals surface area contributed by atoms with E-state index in [1.54, 1.807) is 0 Å². The molecular formula is C23H30N2O3. The molecule has 1 atom stereocenters. The molecule has 2 aromatic rings. The molecule has 1 N–H and O–H groups in total. The summed E-state index contributed by atoms with van der Waals surface area (Å²) in [5, 5.41) is 3.03. The number of hydrogen-bond acceptors (Lipinski definition) is 4. The number of nitrogens with one attached hydrogen (secondary N) is 1. The molecule has 0 radical (unpaired) electrons. The van der Waals surface area contributed by atoms with Crippen LogP contribution in [0.2, 0.25) is 0 Å². The average Bonchev–Trinajstić information content (AvgIpc) is 3.01. The zero-order valence-corrected chi connectivity index (χ0v) is 17.2. The van der Waals surface area contributed by atoms with E-state index >= 15 is 0 Å². The van der Waals surface area contributed by atoms with Crippen LogP contribution in [0.5, 0.6) is 11.5 Å². The maximum atomic E-state index is 12.8. The summed E-state index contributed by atoms with van der Waals surface area (Å²) in [5.74, 6) is 1.47. The summed E-state index contributed by atoms with van der Waals surface area (Å²) < 4.78 is 11.6. The number of amides is 1. The van der Waals surface area contributed by atoms with Crippen LogP contribution in [0.1, 0.15) is 38.8 Å². The van der Waals surface area contributed by atoms with Crippen molar-refractivity contribution in [2.45, 2.75) is 52.8 Å². The molecule has 1 amide bonds. The van der Waals surface area contributed by atoms with Gasteiger partial charge in [-0.2, -0.15) is 0 Å². The first-order chi connectivity index (χ1) is 13.5. The van der Waals surface area contributed by atoms with Gasteiger partial charge in [-0.1, -0.05) is 30.3 Å². The fourth-order valence-electron chi connectivity index (χ4n) is 3.43. The molecule has 1 aliphatic heterocycles. The number of carbonyl (C=O) groups is 1. The molecule has 3 rings (SSSR count). The topological polar surface area (TPSA) is 50.8 Å². The van der Waals surface area contributed by atoms with Gasteiger partial charge in [0.15, 0.2) is 0 Å². The highest BCUT2D eigenvalue weighted by molar-refractivity contribution is 5.94. The predicted octanol–water partition coefficient (Wildman–Crippen LogP) is 4.26. The van der Waals surface area contributed by atoms with Gasteiger partial charge >= 0.3 is 0 Å². The van der Waals surface area contributed by atoms with Crippen LogP contribution in [0.15, 0.2) is 42.5 Å². The normalized spacial score (nSPS) is 15.4. The maximum absolute atomic E-state index is 12.8. The van der Waals surface area contributed by atoms with Gasteiger partial charge in [0.05, 0.1) is 18.8 Å². The highest BCUT2D eigenvalue weighted by atomic mass is 16.5. The molecule has 0 saturated carbocycles. The van der Waals surface area contributed by atoms with Crippen LogP contribution in [-0.2, 0) is 17.8 Å². The van der Waals surface area contributed by atoms with Crippen molar-refractivity contribution in [1.29, 1.82) is 0 Å². The van der Waals surface area contributed by atoms with Crippen molar-refractivity contribution < 1.29 is 14.3 Å². The van der Waals surface area contributed by atoms with Crippen LogP contribution in [0.25, 0.3) is 0 Å². The lowest BCUT2D eigenvalue weighted by Gasteiger charge is -2.26. The third kappa shape index (κ3) is 5.04. The maximum Gasteiger partial charge on any atom is 0.238 e. The molecular weight excluding hydrogens is 352 g/mol. The van der Waals surface area contributed by atoms with E-state index in [2.05, 4.69) is 36.2 Å². The molecule has 0 aromatic heterocycles. The Bertz CT molecular complexity index is 805. The Kier molecular flexibility index (Phi) is 6.57. The number of rotatable bonds is 8. The minimum atomic E-state index is -0.0587. The Morgan fingerprint density at radius 2 is 2.04 bits per heavy atom. The van der Waals surface area contributed by atoms with E-state index in [-0.39, 0.29) is 18.1 Å². The fraction of sp³-hybridized carbons (Fsp3) is 0.435. The van der Waals surface area contributed by atoms with E-state index in [9.17, 15) is 4.79 Å². The second-order valence-electron chi connectivity index (χ2n) is 7.55. The summed E-state index contributed by atoms with van der Waals surface area (Å²) in [6, 6.07) is 14.3. The molecule has 28 heavy (non-hydrogen) atoms. The van der Waals surface area contributed by atoms with Crippen molar-refractivity contribution in [3.63, 3.8) is 0 Å². The van der Waals surface area contributed by atoms with Crippen molar-refractivity contribution in [1.82, 2.24) is 4.90 Å². The number of nitrogens with zero attached hydrogens (tertiary/aromatic N) is 1. The number of ether oxygens (including phenoxy) is 2. The van der Waals surface area contributed by atoms with Gasteiger partial charge in [-0.3, -0.25) is 9.69 Å². The van der Waals surface area contributed by atoms with Crippen LogP contribution < -0.4 is 14.8 Å². The fourth-order valence-corrected chi connectivity index (χ4v) is 3.43. The molecule has 5 nitrogen and oxygen atoms in total. The number of anilines is 1. The molecule has 1 aliphatic rings. The predicted molar refractivity (Wildman–Crippen MR) is 112 cm³/mol. The van der Waals surface area contributed by atoms with E-state index in [1.807, 2.05) is 44.2 Å². The molecule has 5 heteroatoms. The standard InChI is InChI=1S/C23H30N2O3/c1-5-27-22-12-19-11-17(4)28-21(19)13-20(22)24-23(26)15-25(16(2)3)14-18-9-7-6-8-10-18/h6-10,12-13,16-17H,5,11,14-15H2,1-4H3,(H,24,26). The van der Waals surface area contributed by atoms with E-state index in [0.717, 1.165) is 24.3 Å². The second-order valence-corrected chi connectivity index (χ2v) is 7.55. The third-order valence-electron chi connectivity index (χ3n) is 4.88. The highest BCUT2D eigenvalue weighted by Crippen LogP contribution is 2.38. The SMILES string of the molecule is CCOc1cc2c(cc1NC(=O)CN(Cc1ccccc1)C(C)C)OC(C)C2. The smallest absolute Gasteiger partial charge is 0.238 e. The lowest BCUT2D eigenvalue weighted by Crippen LogP contribution is -2.37. The van der Waals surface area contributed by atoms with Gasteiger partial charge < -0.3 is 14.8 Å². The van der Waals surface area contributed by atoms with E-state index in [0.29, 0.717) is 24.6 Å². The summed E-state index contributed by atoms with van der Waals surface area (Å²) in [4.78, 5) is 14.9. The third-order valence-corrected chi connectivity index (χ3v) is 4.88. The van der Waals surface area contributed by atoms with Crippen molar-refractivity contribution in [3.05, 3.63) is 53.6 Å². The van der Waals surface area contributed by atoms with Gasteiger partial charge in [-0.25, -0.2) is 0 Å². The van der Waals surface area contributed by atoms with Gasteiger partial charge in [0.2, 0.25) is 5.91 Å². The minimum absolute atomic E-state index is 0.0587. The van der Waals surface area contributed by atoms with Crippen LogP contribution >= 0.6 is 0 Å². The first kappa shape index (κ1) is 20.2. The molecule has 2 aromatic carbocycles. The number of carbonyl (C=O) groups excluding carboxylic acids is 1. The van der Waals surface area contributed by atoms with Crippen molar-refractivity contribution in [2.24, 2.45) is 0 Å². The molecule has 1 heterocycles. The average molecular weight is 383 g/mol. The first-order valence-electron chi connectivity index (χ1n) is 10.0. The Hall–Kier alpha value is -2.53. The Morgan fingerprint density at radius 1 is 1.29 bits per heavy atom. The van der Waals surface area contributed by atoms with Crippen molar-refractivity contribution in [3.8, 4) is 11.5 Å². The summed E-state index contributed by atoms with van der Waals surface area (Å²) in [7, 11) is 0. The number of hydrogen-bond donors (Lipinski definition) is 1. The molecule has 0 fully saturated rings. The first-order valence-corrected chi connectivity index (χ1v) is 10.0. The number of fused-ring (bicyclic) bond motifs is 1. The molecule has 0 saturated heterocycles. The minimum Gasteiger partial charge on any atom is -0.492 e. The molecule has 0 spiro atoms. The Balaban J connectivity index is 1.71. The van der Waals surface area contributed by atoms with E-state index in [1.165, 1.54) is 5.56 Å². The largest absolute Gasteiger partial charge is 0.492 e. The van der Waals surface area contributed by atoms with Gasteiger partial charge in [0.25, 0.3) is 0 Å². The van der Waals surface area contributed by atoms with Crippen molar-refractivity contribution >= 4 is 11.6 Å².